The van der Waals surface area contributed by atoms with E-state index in [-0.39, 0.29) is 0 Å². The summed E-state index contributed by atoms with van der Waals surface area (Å²) in [5.41, 5.74) is 0.701. The fourth-order valence-corrected chi connectivity index (χ4v) is 0.944. The van der Waals surface area contributed by atoms with Crippen molar-refractivity contribution in [3.8, 4) is 6.07 Å². The van der Waals surface area contributed by atoms with Crippen molar-refractivity contribution >= 4 is 5.97 Å². The van der Waals surface area contributed by atoms with E-state index in [9.17, 15) is 4.79 Å². The average molecular weight is 167 g/mol. The topological polar surface area (TPSA) is 61.1 Å². The first-order valence-corrected chi connectivity index (χ1v) is 3.94. The molecule has 0 aliphatic carbocycles. The van der Waals surface area contributed by atoms with Gasteiger partial charge in [0, 0.05) is 6.08 Å². The quantitative estimate of drug-likeness (QED) is 0.651. The molecule has 0 aliphatic rings. The first-order valence-electron chi connectivity index (χ1n) is 3.94. The van der Waals surface area contributed by atoms with Crippen molar-refractivity contribution in [3.63, 3.8) is 0 Å². The van der Waals surface area contributed by atoms with Gasteiger partial charge in [-0.2, -0.15) is 5.26 Å². The first kappa shape index (κ1) is 10.7. The van der Waals surface area contributed by atoms with Crippen LogP contribution in [0, 0.1) is 17.2 Å². The van der Waals surface area contributed by atoms with Crippen LogP contribution < -0.4 is 0 Å². The van der Waals surface area contributed by atoms with Crippen LogP contribution in [0.4, 0.5) is 0 Å². The molecule has 1 N–H and O–H groups in total. The van der Waals surface area contributed by atoms with Crippen LogP contribution in [-0.4, -0.2) is 11.1 Å². The summed E-state index contributed by atoms with van der Waals surface area (Å²) >= 11 is 0. The second kappa shape index (κ2) is 5.36. The zero-order valence-corrected chi connectivity index (χ0v) is 7.37. The van der Waals surface area contributed by atoms with E-state index in [0.29, 0.717) is 12.0 Å². The van der Waals surface area contributed by atoms with Gasteiger partial charge in [0.15, 0.2) is 0 Å². The Morgan fingerprint density at radius 3 is 2.67 bits per heavy atom. The first-order chi connectivity index (χ1) is 5.63. The summed E-state index contributed by atoms with van der Waals surface area (Å²) in [7, 11) is 0. The van der Waals surface area contributed by atoms with Gasteiger partial charge in [-0.15, -0.1) is 0 Å². The predicted molar refractivity (Wildman–Crippen MR) is 45.4 cm³/mol. The normalized spacial score (nSPS) is 13.6. The number of hydrogen-bond acceptors (Lipinski definition) is 2. The third-order valence-electron chi connectivity index (χ3n) is 1.72. The maximum atomic E-state index is 10.5. The molecule has 0 aromatic heterocycles. The Labute approximate surface area is 72.3 Å². The number of nitrogens with zero attached hydrogens (tertiary/aromatic N) is 1. The van der Waals surface area contributed by atoms with Crippen LogP contribution in [0.3, 0.4) is 0 Å². The number of rotatable bonds is 4. The smallest absolute Gasteiger partial charge is 0.310 e. The number of carbonyl (C=O) groups is 1. The molecule has 0 bridgehead atoms. The molecule has 66 valence electrons. The molecule has 1 atom stereocenters. The van der Waals surface area contributed by atoms with Crippen molar-refractivity contribution in [1.82, 2.24) is 0 Å². The molecule has 0 rings (SSSR count). The lowest BCUT2D eigenvalue weighted by Crippen LogP contribution is -2.12. The molecular weight excluding hydrogens is 154 g/mol. The second-order valence-corrected chi connectivity index (χ2v) is 2.66. The molecule has 0 aromatic rings. The summed E-state index contributed by atoms with van der Waals surface area (Å²) in [6, 6.07) is 1.86. The molecule has 0 saturated carbocycles. The molecular formula is C9H13NO2. The molecule has 0 heterocycles. The maximum absolute atomic E-state index is 10.5. The average Bonchev–Trinajstić information content (AvgIpc) is 2.03. The number of nitriles is 1. The largest absolute Gasteiger partial charge is 0.481 e. The fourth-order valence-electron chi connectivity index (χ4n) is 0.944. The third kappa shape index (κ3) is 3.20. The minimum absolute atomic E-state index is 0.537. The highest BCUT2D eigenvalue weighted by Gasteiger charge is 2.15. The molecule has 3 heteroatoms. The summed E-state index contributed by atoms with van der Waals surface area (Å²) in [5.74, 6) is -1.41. The van der Waals surface area contributed by atoms with Crippen molar-refractivity contribution in [2.24, 2.45) is 5.92 Å². The van der Waals surface area contributed by atoms with Crippen molar-refractivity contribution in [1.29, 1.82) is 5.26 Å². The van der Waals surface area contributed by atoms with Gasteiger partial charge in [0.05, 0.1) is 12.0 Å². The lowest BCUT2D eigenvalue weighted by Gasteiger charge is -2.08. The molecule has 1 unspecified atom stereocenters. The number of hydrogen-bond donors (Lipinski definition) is 1. The Morgan fingerprint density at radius 2 is 2.33 bits per heavy atom. The number of carboxylic acid groups (broad SMARTS) is 1. The summed E-state index contributed by atoms with van der Waals surface area (Å²) in [5, 5.41) is 17.0. The Morgan fingerprint density at radius 1 is 1.75 bits per heavy atom. The van der Waals surface area contributed by atoms with E-state index in [0.717, 1.165) is 6.42 Å². The fraction of sp³-hybridized carbons (Fsp3) is 0.556. The van der Waals surface area contributed by atoms with Crippen LogP contribution >= 0.6 is 0 Å². The molecule has 0 amide bonds. The van der Waals surface area contributed by atoms with Gasteiger partial charge < -0.3 is 5.11 Å². The molecule has 0 saturated heterocycles. The molecule has 0 fully saturated rings. The van der Waals surface area contributed by atoms with Crippen molar-refractivity contribution in [3.05, 3.63) is 11.6 Å². The Bertz CT molecular complexity index is 225. The molecule has 0 aliphatic heterocycles. The van der Waals surface area contributed by atoms with Gasteiger partial charge in [-0.05, 0) is 18.9 Å². The highest BCUT2D eigenvalue weighted by atomic mass is 16.4. The summed E-state index contributed by atoms with van der Waals surface area (Å²) in [4.78, 5) is 10.5. The van der Waals surface area contributed by atoms with E-state index in [4.69, 9.17) is 10.4 Å². The number of allylic oxidation sites excluding steroid dienone is 1. The highest BCUT2D eigenvalue weighted by Crippen LogP contribution is 2.15. The summed E-state index contributed by atoms with van der Waals surface area (Å²) in [6.07, 6.45) is 2.88. The highest BCUT2D eigenvalue weighted by molar-refractivity contribution is 5.73. The van der Waals surface area contributed by atoms with Crippen LogP contribution in [0.25, 0.3) is 0 Å². The van der Waals surface area contributed by atoms with Crippen LogP contribution in [0.5, 0.6) is 0 Å². The maximum Gasteiger partial charge on any atom is 0.310 e. The van der Waals surface area contributed by atoms with Crippen molar-refractivity contribution in [2.75, 3.05) is 0 Å². The van der Waals surface area contributed by atoms with Gasteiger partial charge in [0.2, 0.25) is 0 Å². The second-order valence-electron chi connectivity index (χ2n) is 2.66. The van der Waals surface area contributed by atoms with Crippen LogP contribution in [0.15, 0.2) is 11.6 Å². The van der Waals surface area contributed by atoms with Crippen molar-refractivity contribution in [2.45, 2.75) is 26.7 Å². The SMILES string of the molecule is CCC/C(=C\C#N)C(C)C(=O)O. The van der Waals surface area contributed by atoms with E-state index in [1.165, 1.54) is 6.08 Å². The van der Waals surface area contributed by atoms with Crippen molar-refractivity contribution < 1.29 is 9.90 Å². The number of aliphatic carboxylic acids is 1. The van der Waals surface area contributed by atoms with E-state index < -0.39 is 11.9 Å². The monoisotopic (exact) mass is 167 g/mol. The third-order valence-corrected chi connectivity index (χ3v) is 1.72. The minimum atomic E-state index is -0.870. The van der Waals surface area contributed by atoms with E-state index >= 15 is 0 Å². The summed E-state index contributed by atoms with van der Waals surface area (Å²) in [6.45, 7) is 3.56. The van der Waals surface area contributed by atoms with Gasteiger partial charge in [-0.25, -0.2) is 0 Å². The van der Waals surface area contributed by atoms with E-state index in [1.54, 1.807) is 6.92 Å². The van der Waals surface area contributed by atoms with E-state index in [1.807, 2.05) is 13.0 Å². The van der Waals surface area contributed by atoms with E-state index in [2.05, 4.69) is 0 Å². The Hall–Kier alpha value is -1.30. The van der Waals surface area contributed by atoms with Crippen LogP contribution in [0.1, 0.15) is 26.7 Å². The lowest BCUT2D eigenvalue weighted by molar-refractivity contribution is -0.139. The Balaban J connectivity index is 4.42. The zero-order valence-electron chi connectivity index (χ0n) is 7.37. The minimum Gasteiger partial charge on any atom is -0.481 e. The van der Waals surface area contributed by atoms with Crippen LogP contribution in [0.2, 0.25) is 0 Å². The standard InChI is InChI=1S/C9H13NO2/c1-3-4-8(5-6-10)7(2)9(11)12/h5,7H,3-4H2,1-2H3,(H,11,12)/b8-5+. The Kier molecular flexibility index (Phi) is 4.78. The predicted octanol–water partition coefficient (Wildman–Crippen LogP) is 1.96. The molecule has 3 nitrogen and oxygen atoms in total. The molecule has 0 aromatic carbocycles. The van der Waals surface area contributed by atoms with Crippen LogP contribution in [-0.2, 0) is 4.79 Å². The van der Waals surface area contributed by atoms with Gasteiger partial charge >= 0.3 is 5.97 Å². The van der Waals surface area contributed by atoms with Gasteiger partial charge in [0.25, 0.3) is 0 Å². The lowest BCUT2D eigenvalue weighted by atomic mass is 9.97. The molecule has 0 spiro atoms. The number of carboxylic acids is 1. The zero-order chi connectivity index (χ0) is 9.56. The molecule has 12 heavy (non-hydrogen) atoms. The summed E-state index contributed by atoms with van der Waals surface area (Å²) < 4.78 is 0. The van der Waals surface area contributed by atoms with Gasteiger partial charge in [0.1, 0.15) is 0 Å². The molecule has 0 radical (unpaired) electrons. The van der Waals surface area contributed by atoms with Gasteiger partial charge in [-0.1, -0.05) is 13.3 Å². The van der Waals surface area contributed by atoms with Gasteiger partial charge in [-0.3, -0.25) is 4.79 Å².